The molecule has 0 aliphatic carbocycles. The quantitative estimate of drug-likeness (QED) is 0.630. The Morgan fingerprint density at radius 1 is 1.24 bits per heavy atom. The van der Waals surface area contributed by atoms with Crippen molar-refractivity contribution in [3.8, 4) is 0 Å². The van der Waals surface area contributed by atoms with Crippen LogP contribution in [0.15, 0.2) is 30.5 Å². The van der Waals surface area contributed by atoms with E-state index in [1.165, 1.54) is 30.6 Å². The maximum absolute atomic E-state index is 12.2. The molecule has 8 heteroatoms. The summed E-state index contributed by atoms with van der Waals surface area (Å²) >= 11 is 1.47. The average Bonchev–Trinajstić information content (AvgIpc) is 3.05. The number of benzene rings is 1. The molecule has 0 bridgehead atoms. The number of aromatic nitrogens is 1. The third-order valence-corrected chi connectivity index (χ3v) is 4.46. The van der Waals surface area contributed by atoms with E-state index in [1.807, 2.05) is 13.8 Å². The molecule has 1 atom stereocenters. The van der Waals surface area contributed by atoms with E-state index in [9.17, 15) is 14.4 Å². The lowest BCUT2D eigenvalue weighted by atomic mass is 10.1. The standard InChI is InChI=1S/C17H19N3O4S/c1-4-12(16-18-9-10(2)25-16)19-14(21)15(22)20-13-8-6-5-7-11(13)17(23)24-3/h5-9,12H,4H2,1-3H3,(H,19,21)(H,20,22)/t12-/m0/s1. The number of ether oxygens (including phenoxy) is 1. The molecule has 1 heterocycles. The molecule has 0 fully saturated rings. The first-order valence-corrected chi connectivity index (χ1v) is 8.49. The Morgan fingerprint density at radius 3 is 2.56 bits per heavy atom. The van der Waals surface area contributed by atoms with Gasteiger partial charge in [0.2, 0.25) is 0 Å². The van der Waals surface area contributed by atoms with Crippen molar-refractivity contribution in [2.45, 2.75) is 26.3 Å². The molecule has 2 amide bonds. The number of carbonyl (C=O) groups excluding carboxylic acids is 3. The summed E-state index contributed by atoms with van der Waals surface area (Å²) in [6.45, 7) is 3.82. The van der Waals surface area contributed by atoms with E-state index in [-0.39, 0.29) is 17.3 Å². The molecular weight excluding hydrogens is 342 g/mol. The number of nitrogens with one attached hydrogen (secondary N) is 2. The number of para-hydroxylation sites is 1. The number of rotatable bonds is 5. The van der Waals surface area contributed by atoms with Crippen molar-refractivity contribution in [2.24, 2.45) is 0 Å². The van der Waals surface area contributed by atoms with Crippen molar-refractivity contribution >= 4 is 34.8 Å². The summed E-state index contributed by atoms with van der Waals surface area (Å²) in [6.07, 6.45) is 2.33. The van der Waals surface area contributed by atoms with Gasteiger partial charge in [0.15, 0.2) is 0 Å². The average molecular weight is 361 g/mol. The van der Waals surface area contributed by atoms with Crippen LogP contribution in [-0.2, 0) is 14.3 Å². The maximum atomic E-state index is 12.2. The number of aryl methyl sites for hydroxylation is 1. The van der Waals surface area contributed by atoms with Crippen LogP contribution in [0.2, 0.25) is 0 Å². The zero-order chi connectivity index (χ0) is 18.4. The topological polar surface area (TPSA) is 97.4 Å². The lowest BCUT2D eigenvalue weighted by Gasteiger charge is -2.15. The van der Waals surface area contributed by atoms with E-state index in [2.05, 4.69) is 20.4 Å². The van der Waals surface area contributed by atoms with Crippen LogP contribution < -0.4 is 10.6 Å². The van der Waals surface area contributed by atoms with E-state index < -0.39 is 17.8 Å². The second-order valence-electron chi connectivity index (χ2n) is 5.23. The van der Waals surface area contributed by atoms with Gasteiger partial charge in [-0.1, -0.05) is 19.1 Å². The molecule has 0 saturated heterocycles. The van der Waals surface area contributed by atoms with Gasteiger partial charge in [-0.15, -0.1) is 11.3 Å². The Morgan fingerprint density at radius 2 is 1.96 bits per heavy atom. The summed E-state index contributed by atoms with van der Waals surface area (Å²) in [5.74, 6) is -2.25. The maximum Gasteiger partial charge on any atom is 0.339 e. The van der Waals surface area contributed by atoms with Crippen molar-refractivity contribution in [3.63, 3.8) is 0 Å². The summed E-state index contributed by atoms with van der Waals surface area (Å²) in [6, 6.07) is 5.98. The van der Waals surface area contributed by atoms with Gasteiger partial charge in [-0.05, 0) is 25.5 Å². The summed E-state index contributed by atoms with van der Waals surface area (Å²) in [5, 5.41) is 5.85. The van der Waals surface area contributed by atoms with Crippen LogP contribution in [0.1, 0.15) is 39.6 Å². The molecule has 0 radical (unpaired) electrons. The Bertz CT molecular complexity index is 788. The van der Waals surface area contributed by atoms with E-state index >= 15 is 0 Å². The molecule has 0 saturated carbocycles. The van der Waals surface area contributed by atoms with E-state index in [0.717, 1.165) is 9.88 Å². The number of amides is 2. The fraction of sp³-hybridized carbons (Fsp3) is 0.294. The van der Waals surface area contributed by atoms with Crippen LogP contribution in [0.25, 0.3) is 0 Å². The summed E-state index contributed by atoms with van der Waals surface area (Å²) in [4.78, 5) is 41.3. The highest BCUT2D eigenvalue weighted by molar-refractivity contribution is 7.11. The molecule has 0 aliphatic rings. The largest absolute Gasteiger partial charge is 0.465 e. The Kier molecular flexibility index (Phi) is 6.24. The van der Waals surface area contributed by atoms with E-state index in [0.29, 0.717) is 6.42 Å². The Balaban J connectivity index is 2.08. The third kappa shape index (κ3) is 4.63. The number of carbonyl (C=O) groups is 3. The second kappa shape index (κ2) is 8.39. The summed E-state index contributed by atoms with van der Waals surface area (Å²) in [5.41, 5.74) is 0.390. The van der Waals surface area contributed by atoms with Crippen molar-refractivity contribution < 1.29 is 19.1 Å². The molecule has 132 valence electrons. The van der Waals surface area contributed by atoms with Crippen LogP contribution in [0.5, 0.6) is 0 Å². The molecular formula is C17H19N3O4S. The zero-order valence-electron chi connectivity index (χ0n) is 14.2. The second-order valence-corrected chi connectivity index (χ2v) is 6.50. The SMILES string of the molecule is CC[C@H](NC(=O)C(=O)Nc1ccccc1C(=O)OC)c1ncc(C)s1. The number of hydrogen-bond donors (Lipinski definition) is 2. The van der Waals surface area contributed by atoms with Gasteiger partial charge >= 0.3 is 17.8 Å². The number of methoxy groups -OCH3 is 1. The summed E-state index contributed by atoms with van der Waals surface area (Å²) in [7, 11) is 1.25. The molecule has 0 spiro atoms. The third-order valence-electron chi connectivity index (χ3n) is 3.44. The van der Waals surface area contributed by atoms with Gasteiger partial charge in [0.1, 0.15) is 5.01 Å². The van der Waals surface area contributed by atoms with Crippen molar-refractivity contribution in [1.29, 1.82) is 0 Å². The Hall–Kier alpha value is -2.74. The predicted octanol–water partition coefficient (Wildman–Crippen LogP) is 2.44. The highest BCUT2D eigenvalue weighted by atomic mass is 32.1. The molecule has 2 aromatic rings. The van der Waals surface area contributed by atoms with Crippen LogP contribution in [0, 0.1) is 6.92 Å². The first-order valence-electron chi connectivity index (χ1n) is 7.67. The van der Waals surface area contributed by atoms with Gasteiger partial charge in [-0.25, -0.2) is 9.78 Å². The molecule has 25 heavy (non-hydrogen) atoms. The molecule has 1 aromatic carbocycles. The first kappa shape index (κ1) is 18.6. The highest BCUT2D eigenvalue weighted by Gasteiger charge is 2.22. The number of hydrogen-bond acceptors (Lipinski definition) is 6. The smallest absolute Gasteiger partial charge is 0.339 e. The number of esters is 1. The summed E-state index contributed by atoms with van der Waals surface area (Å²) < 4.78 is 4.66. The lowest BCUT2D eigenvalue weighted by Crippen LogP contribution is -2.37. The molecule has 2 N–H and O–H groups in total. The van der Waals surface area contributed by atoms with Gasteiger partial charge < -0.3 is 15.4 Å². The van der Waals surface area contributed by atoms with Gasteiger partial charge in [0.05, 0.1) is 24.4 Å². The Labute approximate surface area is 149 Å². The minimum Gasteiger partial charge on any atom is -0.465 e. The minimum absolute atomic E-state index is 0.175. The van der Waals surface area contributed by atoms with Gasteiger partial charge in [0, 0.05) is 11.1 Å². The van der Waals surface area contributed by atoms with Gasteiger partial charge in [0.25, 0.3) is 0 Å². The first-order chi connectivity index (χ1) is 12.0. The molecule has 2 rings (SSSR count). The predicted molar refractivity (Wildman–Crippen MR) is 94.4 cm³/mol. The molecule has 0 aliphatic heterocycles. The normalized spacial score (nSPS) is 11.5. The monoisotopic (exact) mass is 361 g/mol. The van der Waals surface area contributed by atoms with Crippen LogP contribution in [-0.4, -0.2) is 29.9 Å². The van der Waals surface area contributed by atoms with Gasteiger partial charge in [-0.2, -0.15) is 0 Å². The molecule has 0 unspecified atom stereocenters. The van der Waals surface area contributed by atoms with Crippen LogP contribution in [0.3, 0.4) is 0 Å². The molecule has 7 nitrogen and oxygen atoms in total. The van der Waals surface area contributed by atoms with Crippen molar-refractivity contribution in [3.05, 3.63) is 45.9 Å². The van der Waals surface area contributed by atoms with E-state index in [4.69, 9.17) is 0 Å². The zero-order valence-corrected chi connectivity index (χ0v) is 15.0. The van der Waals surface area contributed by atoms with Crippen LogP contribution in [0.4, 0.5) is 5.69 Å². The lowest BCUT2D eigenvalue weighted by molar-refractivity contribution is -0.136. The van der Waals surface area contributed by atoms with Crippen LogP contribution >= 0.6 is 11.3 Å². The highest BCUT2D eigenvalue weighted by Crippen LogP contribution is 2.22. The number of nitrogens with zero attached hydrogens (tertiary/aromatic N) is 1. The number of anilines is 1. The number of thiazole rings is 1. The van der Waals surface area contributed by atoms with Gasteiger partial charge in [-0.3, -0.25) is 9.59 Å². The minimum atomic E-state index is -0.858. The van der Waals surface area contributed by atoms with E-state index in [1.54, 1.807) is 18.3 Å². The van der Waals surface area contributed by atoms with Crippen molar-refractivity contribution in [2.75, 3.05) is 12.4 Å². The fourth-order valence-electron chi connectivity index (χ4n) is 2.15. The fourth-order valence-corrected chi connectivity index (χ4v) is 3.06. The van der Waals surface area contributed by atoms with Crippen molar-refractivity contribution in [1.82, 2.24) is 10.3 Å². The molecule has 1 aromatic heterocycles.